The van der Waals surface area contributed by atoms with Gasteiger partial charge in [-0.05, 0) is 37.1 Å². The first-order chi connectivity index (χ1) is 14.0. The second-order valence-electron chi connectivity index (χ2n) is 7.47. The summed E-state index contributed by atoms with van der Waals surface area (Å²) < 4.78 is 19.3. The van der Waals surface area contributed by atoms with E-state index < -0.39 is 17.1 Å². The third kappa shape index (κ3) is 3.64. The lowest BCUT2D eigenvalue weighted by Gasteiger charge is -2.38. The van der Waals surface area contributed by atoms with E-state index in [9.17, 15) is 14.0 Å². The topological polar surface area (TPSA) is 61.9 Å². The normalized spacial score (nSPS) is 17.6. The molecular formula is C22H24FN3O3. The van der Waals surface area contributed by atoms with Crippen LogP contribution < -0.4 is 15.0 Å². The summed E-state index contributed by atoms with van der Waals surface area (Å²) in [6.45, 7) is 2.39. The van der Waals surface area contributed by atoms with Crippen molar-refractivity contribution in [2.45, 2.75) is 12.8 Å². The first kappa shape index (κ1) is 19.2. The van der Waals surface area contributed by atoms with E-state index in [2.05, 4.69) is 10.2 Å². The van der Waals surface area contributed by atoms with Crippen LogP contribution in [0.5, 0.6) is 5.75 Å². The van der Waals surface area contributed by atoms with Crippen LogP contribution in [0.2, 0.25) is 0 Å². The van der Waals surface area contributed by atoms with Crippen molar-refractivity contribution in [3.63, 3.8) is 0 Å². The predicted octanol–water partition coefficient (Wildman–Crippen LogP) is 2.90. The molecule has 0 aromatic heterocycles. The highest BCUT2D eigenvalue weighted by atomic mass is 19.1. The number of para-hydroxylation sites is 3. The average Bonchev–Trinajstić information content (AvgIpc) is 3.57. The Bertz CT molecular complexity index is 921. The molecule has 1 heterocycles. The van der Waals surface area contributed by atoms with Gasteiger partial charge in [-0.15, -0.1) is 0 Å². The van der Waals surface area contributed by atoms with Crippen LogP contribution >= 0.6 is 0 Å². The number of methoxy groups -OCH3 is 1. The molecule has 1 saturated carbocycles. The fraction of sp³-hybridized carbons (Fsp3) is 0.364. The van der Waals surface area contributed by atoms with E-state index in [1.807, 2.05) is 24.3 Å². The molecule has 2 fully saturated rings. The average molecular weight is 397 g/mol. The third-order valence-electron chi connectivity index (χ3n) is 5.71. The van der Waals surface area contributed by atoms with Gasteiger partial charge in [0.15, 0.2) is 0 Å². The summed E-state index contributed by atoms with van der Waals surface area (Å²) in [6.07, 6.45) is 0.998. The van der Waals surface area contributed by atoms with E-state index in [0.29, 0.717) is 39.0 Å². The SMILES string of the molecule is COc1ccccc1N1CCN(C(=O)C2(C(=O)Nc3ccccc3F)CC2)CC1. The van der Waals surface area contributed by atoms with Crippen molar-refractivity contribution in [1.82, 2.24) is 4.90 Å². The number of nitrogens with one attached hydrogen (secondary N) is 1. The van der Waals surface area contributed by atoms with E-state index in [1.54, 1.807) is 24.1 Å². The molecule has 0 atom stereocenters. The molecule has 0 bridgehead atoms. The van der Waals surface area contributed by atoms with Crippen molar-refractivity contribution in [1.29, 1.82) is 0 Å². The zero-order chi connectivity index (χ0) is 20.4. The quantitative estimate of drug-likeness (QED) is 0.788. The van der Waals surface area contributed by atoms with E-state index in [4.69, 9.17) is 4.74 Å². The molecule has 1 saturated heterocycles. The van der Waals surface area contributed by atoms with Gasteiger partial charge in [0.05, 0.1) is 18.5 Å². The Balaban J connectivity index is 1.40. The number of piperazine rings is 1. The number of benzene rings is 2. The van der Waals surface area contributed by atoms with Gasteiger partial charge >= 0.3 is 0 Å². The van der Waals surface area contributed by atoms with Gasteiger partial charge in [-0.1, -0.05) is 24.3 Å². The number of carbonyl (C=O) groups is 2. The van der Waals surface area contributed by atoms with Gasteiger partial charge in [0.1, 0.15) is 17.0 Å². The number of halogens is 1. The van der Waals surface area contributed by atoms with E-state index in [1.165, 1.54) is 12.1 Å². The van der Waals surface area contributed by atoms with E-state index in [-0.39, 0.29) is 11.6 Å². The van der Waals surface area contributed by atoms with Gasteiger partial charge in [0, 0.05) is 26.2 Å². The summed E-state index contributed by atoms with van der Waals surface area (Å²) in [5, 5.41) is 2.59. The number of carbonyl (C=O) groups excluding carboxylic acids is 2. The smallest absolute Gasteiger partial charge is 0.240 e. The van der Waals surface area contributed by atoms with Crippen LogP contribution in [-0.4, -0.2) is 50.0 Å². The minimum atomic E-state index is -1.06. The Labute approximate surface area is 169 Å². The summed E-state index contributed by atoms with van der Waals surface area (Å²) in [6, 6.07) is 13.8. The maximum absolute atomic E-state index is 13.9. The van der Waals surface area contributed by atoms with Gasteiger partial charge in [0.2, 0.25) is 11.8 Å². The number of amides is 2. The number of anilines is 2. The van der Waals surface area contributed by atoms with Gasteiger partial charge in [-0.3, -0.25) is 9.59 Å². The monoisotopic (exact) mass is 397 g/mol. The number of ether oxygens (including phenoxy) is 1. The number of hydrogen-bond donors (Lipinski definition) is 1. The summed E-state index contributed by atoms with van der Waals surface area (Å²) in [5.74, 6) is -0.282. The van der Waals surface area contributed by atoms with Crippen molar-refractivity contribution < 1.29 is 18.7 Å². The third-order valence-corrected chi connectivity index (χ3v) is 5.71. The highest BCUT2D eigenvalue weighted by molar-refractivity contribution is 6.13. The van der Waals surface area contributed by atoms with Crippen molar-refractivity contribution in [3.05, 3.63) is 54.3 Å². The molecule has 2 amide bonds. The fourth-order valence-electron chi connectivity index (χ4n) is 3.81. The molecule has 1 aliphatic carbocycles. The lowest BCUT2D eigenvalue weighted by molar-refractivity contribution is -0.142. The Morgan fingerprint density at radius 3 is 2.31 bits per heavy atom. The van der Waals surface area contributed by atoms with Crippen molar-refractivity contribution in [2.75, 3.05) is 43.5 Å². The number of nitrogens with zero attached hydrogens (tertiary/aromatic N) is 2. The zero-order valence-electron chi connectivity index (χ0n) is 16.4. The van der Waals surface area contributed by atoms with Crippen molar-refractivity contribution in [2.24, 2.45) is 5.41 Å². The lowest BCUT2D eigenvalue weighted by atomic mass is 10.0. The molecule has 7 heteroatoms. The van der Waals surface area contributed by atoms with Crippen LogP contribution in [0.4, 0.5) is 15.8 Å². The summed E-state index contributed by atoms with van der Waals surface area (Å²) in [4.78, 5) is 29.8. The molecule has 6 nitrogen and oxygen atoms in total. The summed E-state index contributed by atoms with van der Waals surface area (Å²) in [5.41, 5.74) is 0.0487. The van der Waals surface area contributed by atoms with Gasteiger partial charge in [-0.2, -0.15) is 0 Å². The minimum absolute atomic E-state index is 0.109. The molecule has 1 aliphatic heterocycles. The molecule has 2 aliphatic rings. The molecule has 0 spiro atoms. The number of hydrogen-bond acceptors (Lipinski definition) is 4. The number of rotatable bonds is 5. The van der Waals surface area contributed by atoms with Crippen LogP contribution in [0.25, 0.3) is 0 Å². The maximum atomic E-state index is 13.9. The Kier molecular flexibility index (Phi) is 5.13. The second kappa shape index (κ2) is 7.73. The molecule has 1 N–H and O–H groups in total. The first-order valence-corrected chi connectivity index (χ1v) is 9.78. The molecule has 152 valence electrons. The van der Waals surface area contributed by atoms with E-state index in [0.717, 1.165) is 11.4 Å². The Morgan fingerprint density at radius 1 is 1.00 bits per heavy atom. The standard InChI is InChI=1S/C22H24FN3O3/c1-29-19-9-5-4-8-18(19)25-12-14-26(15-13-25)21(28)22(10-11-22)20(27)24-17-7-3-2-6-16(17)23/h2-9H,10-15H2,1H3,(H,24,27). The largest absolute Gasteiger partial charge is 0.495 e. The molecule has 29 heavy (non-hydrogen) atoms. The van der Waals surface area contributed by atoms with Crippen molar-refractivity contribution >= 4 is 23.2 Å². The Morgan fingerprint density at radius 2 is 1.66 bits per heavy atom. The Hall–Kier alpha value is -3.09. The van der Waals surface area contributed by atoms with Crippen LogP contribution in [0.15, 0.2) is 48.5 Å². The van der Waals surface area contributed by atoms with Gasteiger partial charge < -0.3 is 19.9 Å². The maximum Gasteiger partial charge on any atom is 0.240 e. The summed E-state index contributed by atoms with van der Waals surface area (Å²) in [7, 11) is 1.64. The molecular weight excluding hydrogens is 373 g/mol. The second-order valence-corrected chi connectivity index (χ2v) is 7.47. The van der Waals surface area contributed by atoms with Crippen molar-refractivity contribution in [3.8, 4) is 5.75 Å². The fourth-order valence-corrected chi connectivity index (χ4v) is 3.81. The highest BCUT2D eigenvalue weighted by Gasteiger charge is 2.58. The molecule has 0 unspecified atom stereocenters. The van der Waals surface area contributed by atoms with Gasteiger partial charge in [0.25, 0.3) is 0 Å². The van der Waals surface area contributed by atoms with Crippen LogP contribution in [0.1, 0.15) is 12.8 Å². The lowest BCUT2D eigenvalue weighted by Crippen LogP contribution is -2.52. The van der Waals surface area contributed by atoms with Crippen LogP contribution in [0, 0.1) is 11.2 Å². The van der Waals surface area contributed by atoms with Crippen LogP contribution in [0.3, 0.4) is 0 Å². The molecule has 4 rings (SSSR count). The molecule has 2 aromatic rings. The minimum Gasteiger partial charge on any atom is -0.495 e. The van der Waals surface area contributed by atoms with E-state index >= 15 is 0 Å². The van der Waals surface area contributed by atoms with Crippen LogP contribution in [-0.2, 0) is 9.59 Å². The first-order valence-electron chi connectivity index (χ1n) is 9.78. The highest BCUT2D eigenvalue weighted by Crippen LogP contribution is 2.48. The summed E-state index contributed by atoms with van der Waals surface area (Å²) >= 11 is 0. The predicted molar refractivity (Wildman–Crippen MR) is 108 cm³/mol. The van der Waals surface area contributed by atoms with Gasteiger partial charge in [-0.25, -0.2) is 4.39 Å². The zero-order valence-corrected chi connectivity index (χ0v) is 16.4. The molecule has 2 aromatic carbocycles. The molecule has 0 radical (unpaired) electrons.